The lowest BCUT2D eigenvalue weighted by molar-refractivity contribution is -0.147. The number of aliphatic hydroxyl groups is 1. The Bertz CT molecular complexity index is 572. The molecular formula is C14H16O5. The number of carbonyl (C=O) groups is 2. The molecule has 0 aromatic heterocycles. The van der Waals surface area contributed by atoms with E-state index in [9.17, 15) is 14.7 Å². The summed E-state index contributed by atoms with van der Waals surface area (Å²) in [5.41, 5.74) is 2.16. The van der Waals surface area contributed by atoms with Crippen LogP contribution < -0.4 is 0 Å². The van der Waals surface area contributed by atoms with Gasteiger partial charge in [-0.15, -0.1) is 0 Å². The predicted octanol–water partition coefficient (Wildman–Crippen LogP) is 1.82. The molecule has 1 aliphatic rings. The zero-order valence-electron chi connectivity index (χ0n) is 11.4. The lowest BCUT2D eigenvalue weighted by Crippen LogP contribution is -2.22. The van der Waals surface area contributed by atoms with Crippen molar-refractivity contribution in [2.24, 2.45) is 0 Å². The molecule has 0 radical (unpaired) electrons. The smallest absolute Gasteiger partial charge is 0.341 e. The van der Waals surface area contributed by atoms with Gasteiger partial charge in [-0.1, -0.05) is 0 Å². The molecular weight excluding hydrogens is 248 g/mol. The molecule has 1 heterocycles. The minimum absolute atomic E-state index is 0.265. The van der Waals surface area contributed by atoms with Crippen molar-refractivity contribution in [3.63, 3.8) is 0 Å². The monoisotopic (exact) mass is 264 g/mol. The minimum Gasteiger partial charge on any atom is -0.462 e. The molecule has 1 unspecified atom stereocenters. The molecule has 0 aliphatic carbocycles. The number of esters is 2. The molecule has 19 heavy (non-hydrogen) atoms. The van der Waals surface area contributed by atoms with Crippen LogP contribution in [0, 0.1) is 13.8 Å². The van der Waals surface area contributed by atoms with Crippen LogP contribution in [0.15, 0.2) is 6.07 Å². The highest BCUT2D eigenvalue weighted by Crippen LogP contribution is 2.38. The third kappa shape index (κ3) is 2.00. The largest absolute Gasteiger partial charge is 0.462 e. The normalized spacial score (nSPS) is 21.0. The van der Waals surface area contributed by atoms with Gasteiger partial charge in [0.05, 0.1) is 17.7 Å². The number of aryl methyl sites for hydroxylation is 1. The van der Waals surface area contributed by atoms with Gasteiger partial charge in [-0.3, -0.25) is 0 Å². The van der Waals surface area contributed by atoms with Crippen molar-refractivity contribution in [2.45, 2.75) is 33.5 Å². The molecule has 2 rings (SSSR count). The van der Waals surface area contributed by atoms with E-state index in [0.29, 0.717) is 27.8 Å². The predicted molar refractivity (Wildman–Crippen MR) is 66.9 cm³/mol. The number of cyclic esters (lactones) is 1. The molecule has 1 aromatic carbocycles. The topological polar surface area (TPSA) is 72.8 Å². The highest BCUT2D eigenvalue weighted by Gasteiger charge is 2.43. The van der Waals surface area contributed by atoms with Gasteiger partial charge < -0.3 is 14.6 Å². The van der Waals surface area contributed by atoms with Crippen molar-refractivity contribution in [1.82, 2.24) is 0 Å². The van der Waals surface area contributed by atoms with Crippen molar-refractivity contribution < 1.29 is 24.2 Å². The fraction of sp³-hybridized carbons (Fsp3) is 0.429. The first-order chi connectivity index (χ1) is 8.79. The third-order valence-corrected chi connectivity index (χ3v) is 3.23. The van der Waals surface area contributed by atoms with E-state index in [1.165, 1.54) is 6.92 Å². The zero-order chi connectivity index (χ0) is 14.4. The molecule has 1 aromatic rings. The first-order valence-corrected chi connectivity index (χ1v) is 6.07. The Morgan fingerprint density at radius 3 is 2.68 bits per heavy atom. The van der Waals surface area contributed by atoms with Gasteiger partial charge >= 0.3 is 11.9 Å². The number of ether oxygens (including phenoxy) is 2. The number of hydrogen-bond donors (Lipinski definition) is 1. The van der Waals surface area contributed by atoms with Gasteiger partial charge in [0.2, 0.25) is 5.79 Å². The summed E-state index contributed by atoms with van der Waals surface area (Å²) in [4.78, 5) is 23.6. The first-order valence-electron chi connectivity index (χ1n) is 6.07. The highest BCUT2D eigenvalue weighted by molar-refractivity contribution is 5.99. The number of fused-ring (bicyclic) bond motifs is 1. The summed E-state index contributed by atoms with van der Waals surface area (Å²) in [5, 5.41) is 10.1. The Labute approximate surface area is 111 Å². The molecule has 0 saturated heterocycles. The second-order valence-electron chi connectivity index (χ2n) is 4.71. The van der Waals surface area contributed by atoms with Crippen molar-refractivity contribution in [2.75, 3.05) is 6.61 Å². The van der Waals surface area contributed by atoms with Crippen molar-refractivity contribution in [3.8, 4) is 0 Å². The van der Waals surface area contributed by atoms with Gasteiger partial charge in [-0.2, -0.15) is 0 Å². The summed E-state index contributed by atoms with van der Waals surface area (Å²) in [5.74, 6) is -2.75. The van der Waals surface area contributed by atoms with Crippen molar-refractivity contribution in [3.05, 3.63) is 33.9 Å². The van der Waals surface area contributed by atoms with E-state index in [1.54, 1.807) is 26.8 Å². The zero-order valence-corrected chi connectivity index (χ0v) is 11.4. The maximum atomic E-state index is 11.9. The van der Waals surface area contributed by atoms with E-state index in [4.69, 9.17) is 9.47 Å². The van der Waals surface area contributed by atoms with E-state index >= 15 is 0 Å². The Morgan fingerprint density at radius 2 is 2.11 bits per heavy atom. The molecule has 1 N–H and O–H groups in total. The SMILES string of the molecule is CCOC(=O)c1c(C)cc2c(c1C)C(C)(O)OC2=O. The van der Waals surface area contributed by atoms with Gasteiger partial charge in [0.25, 0.3) is 0 Å². The molecule has 0 saturated carbocycles. The van der Waals surface area contributed by atoms with Crippen LogP contribution in [0.2, 0.25) is 0 Å². The number of benzene rings is 1. The maximum absolute atomic E-state index is 11.9. The second kappa shape index (κ2) is 4.35. The molecule has 102 valence electrons. The standard InChI is InChI=1S/C14H16O5/c1-5-18-13(16)10-7(2)6-9-11(8(10)3)14(4,17)19-12(9)15/h6,17H,5H2,1-4H3. The van der Waals surface area contributed by atoms with E-state index in [1.807, 2.05) is 0 Å². The van der Waals surface area contributed by atoms with Crippen LogP contribution >= 0.6 is 0 Å². The number of carbonyl (C=O) groups excluding carboxylic acids is 2. The average Bonchev–Trinajstić information content (AvgIpc) is 2.49. The molecule has 5 nitrogen and oxygen atoms in total. The van der Waals surface area contributed by atoms with Crippen LogP contribution in [0.5, 0.6) is 0 Å². The molecule has 5 heteroatoms. The summed E-state index contributed by atoms with van der Waals surface area (Å²) in [6.07, 6.45) is 0. The van der Waals surface area contributed by atoms with Crippen LogP contribution in [0.1, 0.15) is 51.3 Å². The summed E-state index contributed by atoms with van der Waals surface area (Å²) in [6, 6.07) is 1.55. The van der Waals surface area contributed by atoms with E-state index in [2.05, 4.69) is 0 Å². The van der Waals surface area contributed by atoms with Crippen LogP contribution in [-0.4, -0.2) is 23.7 Å². The molecule has 0 amide bonds. The molecule has 0 spiro atoms. The maximum Gasteiger partial charge on any atom is 0.341 e. The van der Waals surface area contributed by atoms with Crippen LogP contribution in [0.3, 0.4) is 0 Å². The summed E-state index contributed by atoms with van der Waals surface area (Å²) in [7, 11) is 0. The minimum atomic E-state index is -1.70. The Hall–Kier alpha value is -1.88. The molecule has 1 atom stereocenters. The summed E-state index contributed by atoms with van der Waals surface area (Å²) in [6.45, 7) is 6.77. The van der Waals surface area contributed by atoms with Crippen LogP contribution in [-0.2, 0) is 15.3 Å². The molecule has 0 fully saturated rings. The number of hydrogen-bond acceptors (Lipinski definition) is 5. The summed E-state index contributed by atoms with van der Waals surface area (Å²) < 4.78 is 9.91. The van der Waals surface area contributed by atoms with Gasteiger partial charge in [0.15, 0.2) is 0 Å². The van der Waals surface area contributed by atoms with E-state index < -0.39 is 17.7 Å². The fourth-order valence-corrected chi connectivity index (χ4v) is 2.55. The Kier molecular flexibility index (Phi) is 3.10. The van der Waals surface area contributed by atoms with Crippen LogP contribution in [0.25, 0.3) is 0 Å². The quantitative estimate of drug-likeness (QED) is 0.825. The molecule has 1 aliphatic heterocycles. The van der Waals surface area contributed by atoms with Crippen molar-refractivity contribution >= 4 is 11.9 Å². The lowest BCUT2D eigenvalue weighted by Gasteiger charge is -2.20. The molecule has 0 bridgehead atoms. The Morgan fingerprint density at radius 1 is 1.47 bits per heavy atom. The lowest BCUT2D eigenvalue weighted by atomic mass is 9.90. The average molecular weight is 264 g/mol. The van der Waals surface area contributed by atoms with E-state index in [0.717, 1.165) is 0 Å². The first kappa shape index (κ1) is 13.5. The highest BCUT2D eigenvalue weighted by atomic mass is 16.7. The second-order valence-corrected chi connectivity index (χ2v) is 4.71. The van der Waals surface area contributed by atoms with Gasteiger partial charge in [-0.05, 0) is 38.0 Å². The van der Waals surface area contributed by atoms with Gasteiger partial charge in [0, 0.05) is 12.5 Å². The van der Waals surface area contributed by atoms with Gasteiger partial charge in [0.1, 0.15) is 0 Å². The third-order valence-electron chi connectivity index (χ3n) is 3.23. The summed E-state index contributed by atoms with van der Waals surface area (Å²) >= 11 is 0. The van der Waals surface area contributed by atoms with E-state index in [-0.39, 0.29) is 6.61 Å². The van der Waals surface area contributed by atoms with Crippen molar-refractivity contribution in [1.29, 1.82) is 0 Å². The van der Waals surface area contributed by atoms with Crippen LogP contribution in [0.4, 0.5) is 0 Å². The Balaban J connectivity index is 2.68. The fourth-order valence-electron chi connectivity index (χ4n) is 2.55. The number of rotatable bonds is 2. The van der Waals surface area contributed by atoms with Gasteiger partial charge in [-0.25, -0.2) is 9.59 Å².